The fourth-order valence-corrected chi connectivity index (χ4v) is 0.794. The van der Waals surface area contributed by atoms with Crippen LogP contribution in [0.25, 0.3) is 0 Å². The summed E-state index contributed by atoms with van der Waals surface area (Å²) in [6, 6.07) is 0. The fourth-order valence-electron chi connectivity index (χ4n) is 0.583. The molecule has 0 amide bonds. The minimum Gasteiger partial charge on any atom is -0.300 e. The Morgan fingerprint density at radius 3 is 2.40 bits per heavy atom. The number of halogens is 1. The summed E-state index contributed by atoms with van der Waals surface area (Å²) in [5.74, 6) is 0.674. The van der Waals surface area contributed by atoms with Crippen LogP contribution in [0.1, 0.15) is 26.2 Å². The lowest BCUT2D eigenvalue weighted by molar-refractivity contribution is -0.118. The van der Waals surface area contributed by atoms with Gasteiger partial charge in [-0.1, -0.05) is 5.57 Å². The van der Waals surface area contributed by atoms with Crippen molar-refractivity contribution in [3.8, 4) is 0 Å². The zero-order chi connectivity index (χ0) is 7.98. The van der Waals surface area contributed by atoms with Crippen LogP contribution in [0.2, 0.25) is 0 Å². The van der Waals surface area contributed by atoms with Crippen LogP contribution in [-0.4, -0.2) is 11.7 Å². The lowest BCUT2D eigenvalue weighted by Crippen LogP contribution is -1.97. The van der Waals surface area contributed by atoms with E-state index in [1.807, 2.05) is 6.92 Å². The Morgan fingerprint density at radius 1 is 1.40 bits per heavy atom. The van der Waals surface area contributed by atoms with Crippen molar-refractivity contribution >= 4 is 17.4 Å². The lowest BCUT2D eigenvalue weighted by Gasteiger charge is -1.96. The van der Waals surface area contributed by atoms with Crippen molar-refractivity contribution in [1.82, 2.24) is 0 Å². The van der Waals surface area contributed by atoms with Gasteiger partial charge in [0, 0.05) is 18.7 Å². The van der Waals surface area contributed by atoms with Crippen molar-refractivity contribution in [2.75, 3.05) is 5.88 Å². The van der Waals surface area contributed by atoms with E-state index in [1.165, 1.54) is 0 Å². The lowest BCUT2D eigenvalue weighted by atomic mass is 10.1. The normalized spacial score (nSPS) is 9.40. The zero-order valence-corrected chi connectivity index (χ0v) is 7.08. The van der Waals surface area contributed by atoms with Gasteiger partial charge < -0.3 is 0 Å². The van der Waals surface area contributed by atoms with E-state index in [0.29, 0.717) is 18.7 Å². The second-order valence-electron chi connectivity index (χ2n) is 2.43. The molecule has 0 saturated heterocycles. The molecule has 58 valence electrons. The summed E-state index contributed by atoms with van der Waals surface area (Å²) in [5.41, 5.74) is 1.06. The van der Waals surface area contributed by atoms with E-state index >= 15 is 0 Å². The average Bonchev–Trinajstić information content (AvgIpc) is 1.85. The Kier molecular flexibility index (Phi) is 5.32. The molecule has 0 radical (unpaired) electrons. The first-order chi connectivity index (χ1) is 4.66. The molecule has 0 aromatic heterocycles. The van der Waals surface area contributed by atoms with Gasteiger partial charge in [0.2, 0.25) is 0 Å². The third-order valence-electron chi connectivity index (χ3n) is 1.20. The quantitative estimate of drug-likeness (QED) is 0.446. The number of Topliss-reactive ketones (excluding diaryl/α,β-unsaturated/α-hetero) is 1. The zero-order valence-electron chi connectivity index (χ0n) is 6.32. The van der Waals surface area contributed by atoms with Gasteiger partial charge in [-0.05, 0) is 13.3 Å². The monoisotopic (exact) mass is 160 g/mol. The SMILES string of the molecule is C=C(C)CCC(=O)CCCl. The molecular weight excluding hydrogens is 148 g/mol. The second-order valence-corrected chi connectivity index (χ2v) is 2.81. The molecule has 0 unspecified atom stereocenters. The van der Waals surface area contributed by atoms with Gasteiger partial charge in [0.1, 0.15) is 5.78 Å². The van der Waals surface area contributed by atoms with Crippen molar-refractivity contribution in [1.29, 1.82) is 0 Å². The van der Waals surface area contributed by atoms with Crippen LogP contribution < -0.4 is 0 Å². The highest BCUT2D eigenvalue weighted by Crippen LogP contribution is 2.03. The molecule has 0 rings (SSSR count). The third kappa shape index (κ3) is 5.83. The van der Waals surface area contributed by atoms with Gasteiger partial charge in [0.05, 0.1) is 0 Å². The molecule has 0 aromatic carbocycles. The molecule has 0 aliphatic heterocycles. The Balaban J connectivity index is 3.30. The summed E-state index contributed by atoms with van der Waals surface area (Å²) < 4.78 is 0. The largest absolute Gasteiger partial charge is 0.300 e. The number of hydrogen-bond donors (Lipinski definition) is 0. The highest BCUT2D eigenvalue weighted by Gasteiger charge is 1.99. The Bertz CT molecular complexity index is 129. The molecule has 10 heavy (non-hydrogen) atoms. The second kappa shape index (κ2) is 5.48. The van der Waals surface area contributed by atoms with Gasteiger partial charge >= 0.3 is 0 Å². The Hall–Kier alpha value is -0.300. The van der Waals surface area contributed by atoms with Crippen LogP contribution in [0.4, 0.5) is 0 Å². The topological polar surface area (TPSA) is 17.1 Å². The Morgan fingerprint density at radius 2 is 2.00 bits per heavy atom. The van der Waals surface area contributed by atoms with Crippen LogP contribution in [0.5, 0.6) is 0 Å². The number of carbonyl (C=O) groups is 1. The van der Waals surface area contributed by atoms with Crippen LogP contribution in [0, 0.1) is 0 Å². The van der Waals surface area contributed by atoms with Crippen molar-refractivity contribution in [3.05, 3.63) is 12.2 Å². The van der Waals surface area contributed by atoms with E-state index < -0.39 is 0 Å². The van der Waals surface area contributed by atoms with E-state index in [0.717, 1.165) is 12.0 Å². The molecule has 0 bridgehead atoms. The van der Waals surface area contributed by atoms with Crippen LogP contribution in [-0.2, 0) is 4.79 Å². The molecule has 0 saturated carbocycles. The fraction of sp³-hybridized carbons (Fsp3) is 0.625. The number of rotatable bonds is 5. The van der Waals surface area contributed by atoms with E-state index in [4.69, 9.17) is 11.6 Å². The molecule has 0 N–H and O–H groups in total. The molecule has 1 nitrogen and oxygen atoms in total. The predicted octanol–water partition coefficient (Wildman–Crippen LogP) is 2.54. The van der Waals surface area contributed by atoms with Crippen molar-refractivity contribution < 1.29 is 4.79 Å². The van der Waals surface area contributed by atoms with Crippen LogP contribution in [0.15, 0.2) is 12.2 Å². The Labute approximate surface area is 67.1 Å². The maximum atomic E-state index is 10.8. The van der Waals surface area contributed by atoms with E-state index in [9.17, 15) is 4.79 Å². The minimum absolute atomic E-state index is 0.234. The third-order valence-corrected chi connectivity index (χ3v) is 1.39. The standard InChI is InChI=1S/C8H13ClO/c1-7(2)3-4-8(10)5-6-9/h1,3-6H2,2H3. The van der Waals surface area contributed by atoms with Gasteiger partial charge in [-0.25, -0.2) is 0 Å². The van der Waals surface area contributed by atoms with E-state index in [1.54, 1.807) is 0 Å². The molecule has 0 spiro atoms. The van der Waals surface area contributed by atoms with Gasteiger partial charge in [0.15, 0.2) is 0 Å². The molecule has 0 heterocycles. The number of allylic oxidation sites excluding steroid dienone is 1. The minimum atomic E-state index is 0.234. The van der Waals surface area contributed by atoms with Gasteiger partial charge in [0.25, 0.3) is 0 Å². The summed E-state index contributed by atoms with van der Waals surface area (Å²) in [4.78, 5) is 10.8. The smallest absolute Gasteiger partial charge is 0.134 e. The summed E-state index contributed by atoms with van der Waals surface area (Å²) in [7, 11) is 0. The average molecular weight is 161 g/mol. The molecule has 0 aliphatic carbocycles. The highest BCUT2D eigenvalue weighted by atomic mass is 35.5. The van der Waals surface area contributed by atoms with Crippen molar-refractivity contribution in [3.63, 3.8) is 0 Å². The summed E-state index contributed by atoms with van der Waals surface area (Å²) in [6.45, 7) is 5.63. The van der Waals surface area contributed by atoms with Crippen molar-refractivity contribution in [2.45, 2.75) is 26.2 Å². The number of hydrogen-bond acceptors (Lipinski definition) is 1. The molecule has 0 atom stereocenters. The molecule has 0 fully saturated rings. The van der Waals surface area contributed by atoms with Gasteiger partial charge in [-0.2, -0.15) is 0 Å². The van der Waals surface area contributed by atoms with E-state index in [-0.39, 0.29) is 5.78 Å². The van der Waals surface area contributed by atoms with Crippen LogP contribution in [0.3, 0.4) is 0 Å². The van der Waals surface area contributed by atoms with Crippen molar-refractivity contribution in [2.24, 2.45) is 0 Å². The maximum Gasteiger partial charge on any atom is 0.134 e. The van der Waals surface area contributed by atoms with Gasteiger partial charge in [-0.3, -0.25) is 4.79 Å². The first-order valence-electron chi connectivity index (χ1n) is 3.39. The first kappa shape index (κ1) is 9.70. The highest BCUT2D eigenvalue weighted by molar-refractivity contribution is 6.19. The number of alkyl halides is 1. The summed E-state index contributed by atoms with van der Waals surface area (Å²) in [6.07, 6.45) is 1.90. The number of carbonyl (C=O) groups excluding carboxylic acids is 1. The molecule has 0 aromatic rings. The number of ketones is 1. The first-order valence-corrected chi connectivity index (χ1v) is 3.92. The molecular formula is C8H13ClO. The van der Waals surface area contributed by atoms with Gasteiger partial charge in [-0.15, -0.1) is 18.2 Å². The molecule has 0 aliphatic rings. The van der Waals surface area contributed by atoms with E-state index in [2.05, 4.69) is 6.58 Å². The van der Waals surface area contributed by atoms with Crippen LogP contribution >= 0.6 is 11.6 Å². The summed E-state index contributed by atoms with van der Waals surface area (Å²) >= 11 is 5.37. The molecule has 2 heteroatoms. The predicted molar refractivity (Wildman–Crippen MR) is 44.4 cm³/mol. The maximum absolute atomic E-state index is 10.8. The summed E-state index contributed by atoms with van der Waals surface area (Å²) in [5, 5.41) is 0.